The number of halogens is 2. The number of hydrogen-bond donors (Lipinski definition) is 1. The minimum absolute atomic E-state index is 0.151. The Kier molecular flexibility index (Phi) is 5.37. The molecule has 0 bridgehead atoms. The van der Waals surface area contributed by atoms with E-state index in [0.717, 1.165) is 11.5 Å². The van der Waals surface area contributed by atoms with Crippen molar-refractivity contribution in [2.75, 3.05) is 5.32 Å². The molecule has 0 atom stereocenters. The fourth-order valence-corrected chi connectivity index (χ4v) is 2.37. The van der Waals surface area contributed by atoms with Gasteiger partial charge in [-0.25, -0.2) is 4.98 Å². The van der Waals surface area contributed by atoms with Crippen molar-refractivity contribution in [1.82, 2.24) is 4.98 Å². The van der Waals surface area contributed by atoms with Crippen LogP contribution in [0.25, 0.3) is 0 Å². The molecule has 0 radical (unpaired) electrons. The quantitative estimate of drug-likeness (QED) is 0.824. The van der Waals surface area contributed by atoms with Crippen LogP contribution in [0.3, 0.4) is 0 Å². The molecule has 0 saturated carbocycles. The van der Waals surface area contributed by atoms with Gasteiger partial charge in [0.15, 0.2) is 5.89 Å². The van der Waals surface area contributed by atoms with E-state index in [1.165, 1.54) is 0 Å². The molecule has 124 valence electrons. The van der Waals surface area contributed by atoms with Crippen LogP contribution >= 0.6 is 23.2 Å². The molecule has 1 aromatic heterocycles. The Morgan fingerprint density at radius 1 is 1.30 bits per heavy atom. The molecule has 0 fully saturated rings. The van der Waals surface area contributed by atoms with Crippen molar-refractivity contribution < 1.29 is 9.21 Å². The van der Waals surface area contributed by atoms with Crippen LogP contribution in [-0.2, 0) is 16.6 Å². The number of nitrogens with one attached hydrogen (secondary N) is 1. The number of rotatable bonds is 4. The van der Waals surface area contributed by atoms with E-state index in [9.17, 15) is 4.79 Å². The van der Waals surface area contributed by atoms with Gasteiger partial charge < -0.3 is 9.73 Å². The van der Waals surface area contributed by atoms with Gasteiger partial charge in [-0.15, -0.1) is 0 Å². The molecule has 1 N–H and O–H groups in total. The van der Waals surface area contributed by atoms with Crippen molar-refractivity contribution in [3.8, 4) is 0 Å². The molecule has 6 heteroatoms. The van der Waals surface area contributed by atoms with Gasteiger partial charge in [0, 0.05) is 18.3 Å². The lowest BCUT2D eigenvalue weighted by Gasteiger charge is -2.12. The van der Waals surface area contributed by atoms with Gasteiger partial charge in [-0.2, -0.15) is 0 Å². The molecular weight excluding hydrogens is 335 g/mol. The molecule has 0 aliphatic carbocycles. The van der Waals surface area contributed by atoms with E-state index in [4.69, 9.17) is 27.6 Å². The SMILES string of the molecule is Cc1nc(C(C)(C)C)oc1CCC(=O)Nc1cccc(Cl)c1Cl. The number of benzene rings is 1. The number of carbonyl (C=O) groups excluding carboxylic acids is 1. The number of aromatic nitrogens is 1. The van der Waals surface area contributed by atoms with Gasteiger partial charge >= 0.3 is 0 Å². The van der Waals surface area contributed by atoms with Crippen molar-refractivity contribution >= 4 is 34.8 Å². The summed E-state index contributed by atoms with van der Waals surface area (Å²) in [6, 6.07) is 5.12. The second-order valence-corrected chi connectivity index (χ2v) is 7.21. The smallest absolute Gasteiger partial charge is 0.224 e. The average molecular weight is 355 g/mol. The monoisotopic (exact) mass is 354 g/mol. The van der Waals surface area contributed by atoms with Gasteiger partial charge in [0.2, 0.25) is 5.91 Å². The standard InChI is InChI=1S/C17H20Cl2N2O2/c1-10-13(23-16(20-10)17(2,3)4)8-9-14(22)21-12-7-5-6-11(18)15(12)19/h5-7H,8-9H2,1-4H3,(H,21,22). The average Bonchev–Trinajstić information content (AvgIpc) is 2.83. The first kappa shape index (κ1) is 17.8. The van der Waals surface area contributed by atoms with Crippen LogP contribution in [0.2, 0.25) is 10.0 Å². The van der Waals surface area contributed by atoms with E-state index >= 15 is 0 Å². The number of aryl methyl sites for hydroxylation is 2. The number of amides is 1. The van der Waals surface area contributed by atoms with Crippen LogP contribution in [0.4, 0.5) is 5.69 Å². The van der Waals surface area contributed by atoms with Crippen molar-refractivity contribution in [3.05, 3.63) is 45.6 Å². The number of carbonyl (C=O) groups is 1. The van der Waals surface area contributed by atoms with E-state index in [1.54, 1.807) is 18.2 Å². The summed E-state index contributed by atoms with van der Waals surface area (Å²) in [6.45, 7) is 8.00. The molecule has 4 nitrogen and oxygen atoms in total. The summed E-state index contributed by atoms with van der Waals surface area (Å²) in [6.07, 6.45) is 0.765. The summed E-state index contributed by atoms with van der Waals surface area (Å²) in [4.78, 5) is 16.5. The van der Waals surface area contributed by atoms with Crippen LogP contribution < -0.4 is 5.32 Å². The van der Waals surface area contributed by atoms with Gasteiger partial charge in [0.1, 0.15) is 5.76 Å². The first-order valence-electron chi connectivity index (χ1n) is 7.39. The highest BCUT2D eigenvalue weighted by Gasteiger charge is 2.22. The third-order valence-electron chi connectivity index (χ3n) is 3.34. The summed E-state index contributed by atoms with van der Waals surface area (Å²) in [5.41, 5.74) is 1.18. The Bertz CT molecular complexity index is 718. The summed E-state index contributed by atoms with van der Waals surface area (Å²) >= 11 is 12.0. The van der Waals surface area contributed by atoms with E-state index in [1.807, 2.05) is 27.7 Å². The number of hydrogen-bond acceptors (Lipinski definition) is 3. The third kappa shape index (κ3) is 4.49. The predicted octanol–water partition coefficient (Wildman–Crippen LogP) is 5.16. The van der Waals surface area contributed by atoms with Gasteiger partial charge in [-0.3, -0.25) is 4.79 Å². The number of anilines is 1. The molecule has 0 aliphatic rings. The van der Waals surface area contributed by atoms with Crippen molar-refractivity contribution in [1.29, 1.82) is 0 Å². The molecule has 0 saturated heterocycles. The van der Waals surface area contributed by atoms with Crippen LogP contribution in [0.5, 0.6) is 0 Å². The van der Waals surface area contributed by atoms with Gasteiger partial charge in [-0.05, 0) is 19.1 Å². The molecular formula is C17H20Cl2N2O2. The molecule has 2 rings (SSSR count). The highest BCUT2D eigenvalue weighted by molar-refractivity contribution is 6.43. The molecule has 1 aromatic carbocycles. The normalized spacial score (nSPS) is 11.6. The third-order valence-corrected chi connectivity index (χ3v) is 4.16. The molecule has 23 heavy (non-hydrogen) atoms. The van der Waals surface area contributed by atoms with E-state index < -0.39 is 0 Å². The lowest BCUT2D eigenvalue weighted by atomic mass is 9.97. The predicted molar refractivity (Wildman–Crippen MR) is 93.4 cm³/mol. The Labute approximate surface area is 146 Å². The molecule has 1 heterocycles. The van der Waals surface area contributed by atoms with Crippen molar-refractivity contribution in [3.63, 3.8) is 0 Å². The minimum Gasteiger partial charge on any atom is -0.445 e. The zero-order valence-electron chi connectivity index (χ0n) is 13.7. The number of nitrogens with zero attached hydrogens (tertiary/aromatic N) is 1. The Morgan fingerprint density at radius 3 is 2.61 bits per heavy atom. The van der Waals surface area contributed by atoms with Crippen molar-refractivity contribution in [2.45, 2.75) is 46.0 Å². The summed E-state index contributed by atoms with van der Waals surface area (Å²) in [7, 11) is 0. The maximum absolute atomic E-state index is 12.1. The summed E-state index contributed by atoms with van der Waals surface area (Å²) < 4.78 is 5.78. The number of oxazole rings is 1. The fourth-order valence-electron chi connectivity index (χ4n) is 2.02. The Morgan fingerprint density at radius 2 is 2.00 bits per heavy atom. The van der Waals surface area contributed by atoms with Crippen molar-refractivity contribution in [2.24, 2.45) is 0 Å². The topological polar surface area (TPSA) is 55.1 Å². The fraction of sp³-hybridized carbons (Fsp3) is 0.412. The first-order valence-corrected chi connectivity index (χ1v) is 8.14. The maximum atomic E-state index is 12.1. The molecule has 0 aliphatic heterocycles. The minimum atomic E-state index is -0.153. The van der Waals surface area contributed by atoms with E-state index in [-0.39, 0.29) is 17.7 Å². The van der Waals surface area contributed by atoms with Crippen LogP contribution in [0, 0.1) is 6.92 Å². The molecule has 2 aromatic rings. The van der Waals surface area contributed by atoms with E-state index in [2.05, 4.69) is 10.3 Å². The summed E-state index contributed by atoms with van der Waals surface area (Å²) in [5, 5.41) is 3.51. The zero-order valence-corrected chi connectivity index (χ0v) is 15.2. The lowest BCUT2D eigenvalue weighted by Crippen LogP contribution is -2.13. The van der Waals surface area contributed by atoms with Gasteiger partial charge in [0.05, 0.1) is 21.4 Å². The van der Waals surface area contributed by atoms with Crippen LogP contribution in [0.1, 0.15) is 44.5 Å². The second kappa shape index (κ2) is 6.93. The Hall–Kier alpha value is -1.52. The zero-order chi connectivity index (χ0) is 17.2. The highest BCUT2D eigenvalue weighted by atomic mass is 35.5. The largest absolute Gasteiger partial charge is 0.445 e. The van der Waals surface area contributed by atoms with Gasteiger partial charge in [0.25, 0.3) is 0 Å². The highest BCUT2D eigenvalue weighted by Crippen LogP contribution is 2.30. The lowest BCUT2D eigenvalue weighted by molar-refractivity contribution is -0.116. The van der Waals surface area contributed by atoms with Crippen LogP contribution in [-0.4, -0.2) is 10.9 Å². The summed E-state index contributed by atoms with van der Waals surface area (Å²) in [5.74, 6) is 1.27. The van der Waals surface area contributed by atoms with Gasteiger partial charge in [-0.1, -0.05) is 50.0 Å². The maximum Gasteiger partial charge on any atom is 0.224 e. The second-order valence-electron chi connectivity index (χ2n) is 6.43. The molecule has 0 spiro atoms. The molecule has 0 unspecified atom stereocenters. The molecule has 1 amide bonds. The first-order chi connectivity index (χ1) is 10.7. The van der Waals surface area contributed by atoms with E-state index in [0.29, 0.717) is 28.0 Å². The van der Waals surface area contributed by atoms with Crippen LogP contribution in [0.15, 0.2) is 22.6 Å². The Balaban J connectivity index is 2.00.